The third-order valence-electron chi connectivity index (χ3n) is 10.4. The van der Waals surface area contributed by atoms with Gasteiger partial charge in [-0.3, -0.25) is 0 Å². The zero-order valence-electron chi connectivity index (χ0n) is 26.3. The van der Waals surface area contributed by atoms with Crippen LogP contribution in [-0.2, 0) is 5.41 Å². The van der Waals surface area contributed by atoms with Gasteiger partial charge in [-0.05, 0) is 81.4 Å². The number of furan rings is 1. The lowest BCUT2D eigenvalue weighted by Gasteiger charge is -2.21. The Morgan fingerprint density at radius 3 is 2.00 bits per heavy atom. The molecule has 9 aromatic rings. The van der Waals surface area contributed by atoms with Crippen molar-refractivity contribution in [3.8, 4) is 39.1 Å². The van der Waals surface area contributed by atoms with Gasteiger partial charge in [-0.1, -0.05) is 123 Å². The Hall–Kier alpha value is -5.86. The Morgan fingerprint density at radius 1 is 0.447 bits per heavy atom. The van der Waals surface area contributed by atoms with Crippen molar-refractivity contribution >= 4 is 43.7 Å². The van der Waals surface area contributed by atoms with Gasteiger partial charge in [0.25, 0.3) is 0 Å². The van der Waals surface area contributed by atoms with Gasteiger partial charge < -0.3 is 8.98 Å². The minimum Gasteiger partial charge on any atom is -0.455 e. The first kappa shape index (κ1) is 26.4. The average Bonchev–Trinajstić information content (AvgIpc) is 3.73. The third-order valence-corrected chi connectivity index (χ3v) is 10.4. The van der Waals surface area contributed by atoms with E-state index in [4.69, 9.17) is 4.42 Å². The molecular weight excluding hydrogens is 571 g/mol. The molecule has 0 saturated carbocycles. The van der Waals surface area contributed by atoms with Crippen molar-refractivity contribution in [2.24, 2.45) is 0 Å². The van der Waals surface area contributed by atoms with Gasteiger partial charge in [-0.25, -0.2) is 0 Å². The van der Waals surface area contributed by atoms with E-state index in [1.54, 1.807) is 0 Å². The minimum atomic E-state index is -0.0578. The Morgan fingerprint density at radius 2 is 1.13 bits per heavy atom. The molecule has 2 aromatic heterocycles. The van der Waals surface area contributed by atoms with Gasteiger partial charge in [0.1, 0.15) is 11.2 Å². The molecule has 0 aliphatic heterocycles. The second-order valence-electron chi connectivity index (χ2n) is 13.3. The largest absolute Gasteiger partial charge is 0.455 e. The van der Waals surface area contributed by atoms with Gasteiger partial charge in [-0.2, -0.15) is 0 Å². The molecule has 0 N–H and O–H groups in total. The monoisotopic (exact) mass is 601 g/mol. The highest BCUT2D eigenvalue weighted by Gasteiger charge is 2.36. The van der Waals surface area contributed by atoms with Crippen molar-refractivity contribution < 1.29 is 4.42 Å². The molecule has 2 heteroatoms. The van der Waals surface area contributed by atoms with Crippen molar-refractivity contribution in [2.75, 3.05) is 0 Å². The molecule has 10 rings (SSSR count). The van der Waals surface area contributed by atoms with Gasteiger partial charge in [-0.15, -0.1) is 0 Å². The molecule has 47 heavy (non-hydrogen) atoms. The van der Waals surface area contributed by atoms with Crippen molar-refractivity contribution in [3.63, 3.8) is 0 Å². The van der Waals surface area contributed by atoms with Gasteiger partial charge in [0.2, 0.25) is 0 Å². The highest BCUT2D eigenvalue weighted by atomic mass is 16.3. The summed E-state index contributed by atoms with van der Waals surface area (Å²) in [7, 11) is 0. The molecular formula is C45H31NO. The first-order valence-corrected chi connectivity index (χ1v) is 16.4. The summed E-state index contributed by atoms with van der Waals surface area (Å²) < 4.78 is 8.78. The van der Waals surface area contributed by atoms with E-state index < -0.39 is 0 Å². The molecule has 0 saturated heterocycles. The predicted molar refractivity (Wildman–Crippen MR) is 196 cm³/mol. The highest BCUT2D eigenvalue weighted by molar-refractivity contribution is 6.13. The van der Waals surface area contributed by atoms with Crippen LogP contribution in [0.15, 0.2) is 156 Å². The lowest BCUT2D eigenvalue weighted by molar-refractivity contribution is 0.661. The smallest absolute Gasteiger partial charge is 0.143 e. The van der Waals surface area contributed by atoms with Crippen LogP contribution in [0.5, 0.6) is 0 Å². The normalized spacial score (nSPS) is 13.5. The fraction of sp³-hybridized carbons (Fsp3) is 0.0667. The van der Waals surface area contributed by atoms with Crippen molar-refractivity contribution in [1.29, 1.82) is 0 Å². The Kier molecular flexibility index (Phi) is 5.37. The van der Waals surface area contributed by atoms with Crippen LogP contribution < -0.4 is 0 Å². The molecule has 1 aliphatic rings. The van der Waals surface area contributed by atoms with E-state index >= 15 is 0 Å². The molecule has 2 nitrogen and oxygen atoms in total. The van der Waals surface area contributed by atoms with E-state index in [2.05, 4.69) is 158 Å². The van der Waals surface area contributed by atoms with Crippen LogP contribution in [0, 0.1) is 0 Å². The zero-order valence-corrected chi connectivity index (χ0v) is 26.3. The Balaban J connectivity index is 1.15. The maximum absolute atomic E-state index is 6.34. The molecule has 0 unspecified atom stereocenters. The van der Waals surface area contributed by atoms with Crippen LogP contribution in [0.2, 0.25) is 0 Å². The van der Waals surface area contributed by atoms with E-state index in [0.717, 1.165) is 33.1 Å². The number of nitrogens with zero attached hydrogens (tertiary/aromatic N) is 1. The molecule has 0 amide bonds. The number of rotatable bonds is 3. The zero-order chi connectivity index (χ0) is 31.3. The van der Waals surface area contributed by atoms with E-state index in [9.17, 15) is 0 Å². The Labute approximate surface area is 273 Å². The highest BCUT2D eigenvalue weighted by Crippen LogP contribution is 2.51. The molecule has 0 fully saturated rings. The second kappa shape index (κ2) is 9.57. The summed E-state index contributed by atoms with van der Waals surface area (Å²) in [6.07, 6.45) is 0. The number of para-hydroxylation sites is 3. The lowest BCUT2D eigenvalue weighted by Crippen LogP contribution is -2.14. The summed E-state index contributed by atoms with van der Waals surface area (Å²) in [5.74, 6) is 0. The Bertz CT molecular complexity index is 2690. The second-order valence-corrected chi connectivity index (χ2v) is 13.3. The quantitative estimate of drug-likeness (QED) is 0.197. The number of hydrogen-bond acceptors (Lipinski definition) is 1. The van der Waals surface area contributed by atoms with E-state index in [1.165, 1.54) is 60.9 Å². The molecule has 2 heterocycles. The fourth-order valence-electron chi connectivity index (χ4n) is 8.07. The SMILES string of the molecule is CC1(C)c2ccccc2-c2cc3c4cc(-c5ccc(-c6cccc7c6oc6ccccc67)cc5)ccc4n(-c4ccccc4)c3cc21. The lowest BCUT2D eigenvalue weighted by atomic mass is 9.82. The van der Waals surface area contributed by atoms with Crippen molar-refractivity contribution in [3.05, 3.63) is 163 Å². The first-order chi connectivity index (χ1) is 23.1. The van der Waals surface area contributed by atoms with Crippen molar-refractivity contribution in [2.45, 2.75) is 19.3 Å². The maximum atomic E-state index is 6.34. The summed E-state index contributed by atoms with van der Waals surface area (Å²) in [6, 6.07) is 55.1. The van der Waals surface area contributed by atoms with Crippen LogP contribution in [0.4, 0.5) is 0 Å². The van der Waals surface area contributed by atoms with Crippen LogP contribution in [-0.4, -0.2) is 4.57 Å². The maximum Gasteiger partial charge on any atom is 0.143 e. The summed E-state index contributed by atoms with van der Waals surface area (Å²) >= 11 is 0. The topological polar surface area (TPSA) is 18.1 Å². The minimum absolute atomic E-state index is 0.0578. The van der Waals surface area contributed by atoms with E-state index in [1.807, 2.05) is 12.1 Å². The third kappa shape index (κ3) is 3.73. The summed E-state index contributed by atoms with van der Waals surface area (Å²) in [5.41, 5.74) is 15.6. The van der Waals surface area contributed by atoms with E-state index in [0.29, 0.717) is 0 Å². The number of benzene rings is 7. The standard InChI is InChI=1S/C45H31NO/c1-45(2)39-17-8-6-13-33(39)36-26-38-37-25-30(23-24-41(37)46(42(38)27-40(36)45)31-11-4-3-5-12-31)28-19-21-29(22-20-28)32-15-10-16-35-34-14-7-9-18-43(34)47-44(32)35/h3-27H,1-2H3. The van der Waals surface area contributed by atoms with Crippen LogP contribution in [0.1, 0.15) is 25.0 Å². The van der Waals surface area contributed by atoms with Gasteiger partial charge in [0.05, 0.1) is 11.0 Å². The summed E-state index contributed by atoms with van der Waals surface area (Å²) in [5, 5.41) is 4.86. The van der Waals surface area contributed by atoms with Gasteiger partial charge in [0.15, 0.2) is 0 Å². The summed E-state index contributed by atoms with van der Waals surface area (Å²) in [4.78, 5) is 0. The molecule has 1 aliphatic carbocycles. The first-order valence-electron chi connectivity index (χ1n) is 16.4. The molecule has 0 spiro atoms. The summed E-state index contributed by atoms with van der Waals surface area (Å²) in [6.45, 7) is 4.71. The average molecular weight is 602 g/mol. The molecule has 0 atom stereocenters. The molecule has 222 valence electrons. The van der Waals surface area contributed by atoms with Gasteiger partial charge >= 0.3 is 0 Å². The fourth-order valence-corrected chi connectivity index (χ4v) is 8.07. The van der Waals surface area contributed by atoms with Crippen LogP contribution >= 0.6 is 0 Å². The number of fused-ring (bicyclic) bond motifs is 9. The predicted octanol–water partition coefficient (Wildman–Crippen LogP) is 12.3. The molecule has 7 aromatic carbocycles. The molecule has 0 bridgehead atoms. The van der Waals surface area contributed by atoms with Gasteiger partial charge in [0, 0.05) is 38.2 Å². The number of aromatic nitrogens is 1. The van der Waals surface area contributed by atoms with Crippen LogP contribution in [0.3, 0.4) is 0 Å². The van der Waals surface area contributed by atoms with E-state index in [-0.39, 0.29) is 5.41 Å². The van der Waals surface area contributed by atoms with Crippen molar-refractivity contribution in [1.82, 2.24) is 4.57 Å². The number of hydrogen-bond donors (Lipinski definition) is 0. The van der Waals surface area contributed by atoms with Crippen LogP contribution in [0.25, 0.3) is 82.8 Å². The molecule has 0 radical (unpaired) electrons.